The number of amides is 2. The number of nitrogens with two attached hydrogens (primary N) is 1. The van der Waals surface area contributed by atoms with Crippen LogP contribution in [-0.2, 0) is 6.54 Å². The second-order valence-corrected chi connectivity index (χ2v) is 7.26. The van der Waals surface area contributed by atoms with Crippen LogP contribution < -0.4 is 25.6 Å². The van der Waals surface area contributed by atoms with Crippen LogP contribution in [0.4, 0.5) is 16.2 Å². The molecule has 0 fully saturated rings. The van der Waals surface area contributed by atoms with E-state index >= 15 is 0 Å². The van der Waals surface area contributed by atoms with Gasteiger partial charge >= 0.3 is 6.03 Å². The molecule has 0 radical (unpaired) electrons. The van der Waals surface area contributed by atoms with E-state index in [1.807, 2.05) is 18.2 Å². The summed E-state index contributed by atoms with van der Waals surface area (Å²) < 4.78 is 10.2. The Hall–Kier alpha value is -2.14. The third-order valence-corrected chi connectivity index (χ3v) is 4.79. The third-order valence-electron chi connectivity index (χ3n) is 3.87. The molecule has 0 unspecified atom stereocenters. The number of halogens is 1. The van der Waals surface area contributed by atoms with Crippen molar-refractivity contribution in [1.82, 2.24) is 15.3 Å². The van der Waals surface area contributed by atoms with Crippen molar-refractivity contribution in [3.8, 4) is 5.75 Å². The van der Waals surface area contributed by atoms with E-state index in [0.29, 0.717) is 17.7 Å². The Labute approximate surface area is 156 Å². The van der Waals surface area contributed by atoms with Crippen molar-refractivity contribution in [2.75, 3.05) is 34.2 Å². The van der Waals surface area contributed by atoms with Crippen molar-refractivity contribution >= 4 is 42.7 Å². The number of hydrogen-bond donors (Lipinski definition) is 3. The Kier molecular flexibility index (Phi) is 5.87. The molecule has 1 aliphatic rings. The molecule has 1 aromatic carbocycles. The minimum atomic E-state index is -0.254. The first kappa shape index (κ1) is 17.7. The fourth-order valence-corrected chi connectivity index (χ4v) is 3.27. The van der Waals surface area contributed by atoms with Gasteiger partial charge in [-0.15, -0.1) is 20.7 Å². The van der Waals surface area contributed by atoms with Crippen molar-refractivity contribution < 1.29 is 9.53 Å². The Morgan fingerprint density at radius 3 is 3.16 bits per heavy atom. The Bertz CT molecular complexity index is 736. The molecule has 9 heteroatoms. The van der Waals surface area contributed by atoms with Gasteiger partial charge in [-0.3, -0.25) is 4.90 Å². The van der Waals surface area contributed by atoms with Crippen molar-refractivity contribution in [3.63, 3.8) is 0 Å². The van der Waals surface area contributed by atoms with Crippen LogP contribution in [0.15, 0.2) is 30.7 Å². The van der Waals surface area contributed by atoms with Crippen LogP contribution in [0.2, 0.25) is 0 Å². The van der Waals surface area contributed by atoms with Gasteiger partial charge in [0.1, 0.15) is 12.4 Å². The number of aromatic amines is 1. The van der Waals surface area contributed by atoms with E-state index < -0.39 is 0 Å². The summed E-state index contributed by atoms with van der Waals surface area (Å²) in [7, 11) is 0. The molecule has 8 nitrogen and oxygen atoms in total. The number of fused-ring (bicyclic) bond motifs is 1. The zero-order chi connectivity index (χ0) is 17.6. The quantitative estimate of drug-likeness (QED) is 0.266. The maximum absolute atomic E-state index is 12.3. The molecule has 0 bridgehead atoms. The topological polar surface area (TPSA) is 99.5 Å². The number of urea groups is 1. The fourth-order valence-electron chi connectivity index (χ4n) is 2.68. The highest BCUT2D eigenvalue weighted by Gasteiger charge is 2.22. The van der Waals surface area contributed by atoms with Gasteiger partial charge in [-0.05, 0) is 18.2 Å². The van der Waals surface area contributed by atoms with Gasteiger partial charge in [0, 0.05) is 11.9 Å². The molecule has 0 saturated carbocycles. The van der Waals surface area contributed by atoms with E-state index in [2.05, 4.69) is 24.7 Å². The molecule has 2 amide bonds. The van der Waals surface area contributed by atoms with Gasteiger partial charge in [0.05, 0.1) is 42.0 Å². The van der Waals surface area contributed by atoms with Crippen LogP contribution in [-0.4, -0.2) is 44.9 Å². The molecule has 0 spiro atoms. The molecule has 25 heavy (non-hydrogen) atoms. The van der Waals surface area contributed by atoms with E-state index in [9.17, 15) is 4.79 Å². The van der Waals surface area contributed by atoms with Crippen LogP contribution in [0.1, 0.15) is 5.69 Å². The number of benzene rings is 1. The lowest BCUT2D eigenvalue weighted by atomic mass is 10.2. The highest BCUT2D eigenvalue weighted by Crippen LogP contribution is 2.35. The molecule has 4 N–H and O–H groups in total. The SMILES string of the molecule is C=ICNC(=O)N(CN)c1ccc2c(c1)N(Cc1cnc[nH]1)CCO2. The van der Waals surface area contributed by atoms with Gasteiger partial charge in [-0.1, -0.05) is 4.51 Å². The summed E-state index contributed by atoms with van der Waals surface area (Å²) in [6.07, 6.45) is 3.47. The van der Waals surface area contributed by atoms with Crippen molar-refractivity contribution in [3.05, 3.63) is 36.4 Å². The molecule has 1 aromatic heterocycles. The molecule has 0 atom stereocenters. The predicted octanol–water partition coefficient (Wildman–Crippen LogP) is 1.60. The Morgan fingerprint density at radius 1 is 1.56 bits per heavy atom. The largest absolute Gasteiger partial charge is 0.490 e. The molecule has 2 heterocycles. The number of carbonyl (C=O) groups is 1. The minimum Gasteiger partial charge on any atom is -0.490 e. The van der Waals surface area contributed by atoms with Gasteiger partial charge in [0.2, 0.25) is 0 Å². The predicted molar refractivity (Wildman–Crippen MR) is 108 cm³/mol. The van der Waals surface area contributed by atoms with Gasteiger partial charge in [0.15, 0.2) is 0 Å². The maximum Gasteiger partial charge on any atom is 0.323 e. The standard InChI is InChI=1S/C16H21IN6O2/c1-17-9-20-16(24)23(10-18)13-2-3-15-14(6-13)22(4-5-25-15)8-12-7-19-11-21-12/h2-3,6-7,11H,1,4-5,8-10,18H2,(H,19,21)(H,20,24). The molecule has 134 valence electrons. The van der Waals surface area contributed by atoms with Crippen LogP contribution in [0, 0.1) is 0 Å². The molecular formula is C16H21IN6O2. The highest BCUT2D eigenvalue weighted by atomic mass is 127. The third kappa shape index (κ3) is 4.10. The summed E-state index contributed by atoms with van der Waals surface area (Å²) >= 11 is -0.254. The molecular weight excluding hydrogens is 435 g/mol. The van der Waals surface area contributed by atoms with E-state index in [0.717, 1.165) is 29.4 Å². The summed E-state index contributed by atoms with van der Waals surface area (Å²) in [5.41, 5.74) is 8.49. The van der Waals surface area contributed by atoms with Crippen LogP contribution in [0.3, 0.4) is 0 Å². The van der Waals surface area contributed by atoms with E-state index in [1.54, 1.807) is 12.5 Å². The molecule has 0 aliphatic carbocycles. The maximum atomic E-state index is 12.3. The van der Waals surface area contributed by atoms with E-state index in [-0.39, 0.29) is 33.4 Å². The molecule has 2 aromatic rings. The number of rotatable bonds is 6. The van der Waals surface area contributed by atoms with Crippen molar-refractivity contribution in [2.45, 2.75) is 6.54 Å². The summed E-state index contributed by atoms with van der Waals surface area (Å²) in [6.45, 7) is 2.17. The number of aromatic nitrogens is 2. The number of hydrogen-bond acceptors (Lipinski definition) is 5. The lowest BCUT2D eigenvalue weighted by Gasteiger charge is -2.32. The molecule has 0 saturated heterocycles. The monoisotopic (exact) mass is 456 g/mol. The number of nitrogens with one attached hydrogen (secondary N) is 2. The Balaban J connectivity index is 1.85. The molecule has 1 aliphatic heterocycles. The average Bonchev–Trinajstić information content (AvgIpc) is 3.14. The summed E-state index contributed by atoms with van der Waals surface area (Å²) in [4.78, 5) is 23.2. The average molecular weight is 456 g/mol. The van der Waals surface area contributed by atoms with Gasteiger partial charge < -0.3 is 25.7 Å². The first-order chi connectivity index (χ1) is 12.2. The number of alkyl halides is 1. The zero-order valence-electron chi connectivity index (χ0n) is 13.7. The number of H-pyrrole nitrogens is 1. The number of ether oxygens (including phenoxy) is 1. The van der Waals surface area contributed by atoms with E-state index in [1.165, 1.54) is 4.90 Å². The van der Waals surface area contributed by atoms with Crippen molar-refractivity contribution in [1.29, 1.82) is 0 Å². The highest BCUT2D eigenvalue weighted by molar-refractivity contribution is 14.2. The molecule has 3 rings (SSSR count). The number of imidazole rings is 1. The lowest BCUT2D eigenvalue weighted by Crippen LogP contribution is -2.43. The summed E-state index contributed by atoms with van der Waals surface area (Å²) in [5, 5.41) is 2.84. The van der Waals surface area contributed by atoms with Crippen LogP contribution in [0.5, 0.6) is 5.75 Å². The van der Waals surface area contributed by atoms with Gasteiger partial charge in [0.25, 0.3) is 0 Å². The lowest BCUT2D eigenvalue weighted by molar-refractivity contribution is 0.248. The van der Waals surface area contributed by atoms with Gasteiger partial charge in [-0.25, -0.2) is 9.78 Å². The minimum absolute atomic E-state index is 0.0987. The second-order valence-electron chi connectivity index (χ2n) is 5.41. The van der Waals surface area contributed by atoms with Crippen molar-refractivity contribution in [2.24, 2.45) is 5.73 Å². The zero-order valence-corrected chi connectivity index (χ0v) is 15.9. The number of anilines is 2. The van der Waals surface area contributed by atoms with E-state index in [4.69, 9.17) is 10.5 Å². The summed E-state index contributed by atoms with van der Waals surface area (Å²) in [5.74, 6) is 0.801. The first-order valence-electron chi connectivity index (χ1n) is 7.80. The van der Waals surface area contributed by atoms with Gasteiger partial charge in [-0.2, -0.15) is 0 Å². The van der Waals surface area contributed by atoms with Crippen LogP contribution >= 0.6 is 20.7 Å². The fraction of sp³-hybridized carbons (Fsp3) is 0.312. The second kappa shape index (κ2) is 8.30. The summed E-state index contributed by atoms with van der Waals surface area (Å²) in [6, 6.07) is 5.47. The van der Waals surface area contributed by atoms with Crippen LogP contribution in [0.25, 0.3) is 0 Å². The Morgan fingerprint density at radius 2 is 2.44 bits per heavy atom. The number of nitrogens with zero attached hydrogens (tertiary/aromatic N) is 3. The first-order valence-corrected chi connectivity index (χ1v) is 10.8. The number of carbonyl (C=O) groups excluding carboxylic acids is 1. The smallest absolute Gasteiger partial charge is 0.323 e. The normalized spacial score (nSPS) is 13.1.